The number of aromatic carboxylic acids is 1. The van der Waals surface area contributed by atoms with Crippen LogP contribution < -0.4 is 0 Å². The lowest BCUT2D eigenvalue weighted by molar-refractivity contribution is 0.0697. The molecule has 2 aliphatic rings. The molecule has 1 N–H and O–H groups in total. The van der Waals surface area contributed by atoms with Crippen LogP contribution >= 0.6 is 35.6 Å². The Labute approximate surface area is 233 Å². The smallest absolute Gasteiger partial charge is 0.336 e. The van der Waals surface area contributed by atoms with E-state index in [2.05, 4.69) is 35.2 Å². The zero-order valence-corrected chi connectivity index (χ0v) is 22.7. The SMILES string of the molecule is Cl.O=C(O)c1ccc2c(c1-c1ccc(Cl)cc1Cl)CCC=C2c1ccc(CC2CN(CCCF)C2)cc1. The molecule has 194 valence electrons. The van der Waals surface area contributed by atoms with Gasteiger partial charge in [-0.2, -0.15) is 0 Å². The topological polar surface area (TPSA) is 40.5 Å². The Morgan fingerprint density at radius 3 is 2.43 bits per heavy atom. The van der Waals surface area contributed by atoms with Gasteiger partial charge >= 0.3 is 5.97 Å². The monoisotopic (exact) mass is 559 g/mol. The fourth-order valence-corrected chi connectivity index (χ4v) is 6.01. The highest BCUT2D eigenvalue weighted by molar-refractivity contribution is 6.36. The summed E-state index contributed by atoms with van der Waals surface area (Å²) in [6.45, 7) is 2.70. The maximum Gasteiger partial charge on any atom is 0.336 e. The van der Waals surface area contributed by atoms with Gasteiger partial charge in [0, 0.05) is 40.8 Å². The second-order valence-corrected chi connectivity index (χ2v) is 10.5. The number of hydrogen-bond donors (Lipinski definition) is 1. The van der Waals surface area contributed by atoms with E-state index in [-0.39, 0.29) is 24.6 Å². The molecule has 1 fully saturated rings. The standard InChI is InChI=1S/C30H28Cl2FNO2.ClH/c31-22-9-10-26(28(32)16-22)29-25-4-1-3-23(24(25)11-12-27(29)30(35)36)21-7-5-19(6-8-21)15-20-17-34(18-20)14-2-13-33;/h3,5-12,16,20H,1-2,4,13-15,17-18H2,(H,35,36);1H. The van der Waals surface area contributed by atoms with Crippen LogP contribution in [-0.4, -0.2) is 42.3 Å². The van der Waals surface area contributed by atoms with Crippen molar-refractivity contribution < 1.29 is 14.3 Å². The molecular formula is C30H29Cl3FNO2. The highest BCUT2D eigenvalue weighted by Crippen LogP contribution is 2.42. The van der Waals surface area contributed by atoms with E-state index in [4.69, 9.17) is 23.2 Å². The molecule has 1 saturated heterocycles. The fourth-order valence-electron chi connectivity index (χ4n) is 5.51. The highest BCUT2D eigenvalue weighted by Gasteiger charge is 2.27. The van der Waals surface area contributed by atoms with E-state index >= 15 is 0 Å². The number of carbonyl (C=O) groups is 1. The van der Waals surface area contributed by atoms with Gasteiger partial charge in [0.05, 0.1) is 12.2 Å². The number of carboxylic acid groups (broad SMARTS) is 1. The third-order valence-electron chi connectivity index (χ3n) is 7.21. The normalized spacial score (nSPS) is 15.4. The third-order valence-corrected chi connectivity index (χ3v) is 7.75. The van der Waals surface area contributed by atoms with E-state index in [1.54, 1.807) is 24.3 Å². The van der Waals surface area contributed by atoms with Crippen LogP contribution in [0.1, 0.15) is 45.5 Å². The first kappa shape index (κ1) is 27.7. The largest absolute Gasteiger partial charge is 0.478 e. The average Bonchev–Trinajstić information content (AvgIpc) is 2.85. The Hall–Kier alpha value is -2.37. The van der Waals surface area contributed by atoms with Crippen molar-refractivity contribution >= 4 is 47.2 Å². The summed E-state index contributed by atoms with van der Waals surface area (Å²) in [4.78, 5) is 14.5. The summed E-state index contributed by atoms with van der Waals surface area (Å²) < 4.78 is 12.4. The van der Waals surface area contributed by atoms with Crippen molar-refractivity contribution in [3.05, 3.63) is 98.5 Å². The minimum absolute atomic E-state index is 0. The van der Waals surface area contributed by atoms with Crippen LogP contribution in [0.5, 0.6) is 0 Å². The van der Waals surface area contributed by atoms with Gasteiger partial charge in [-0.15, -0.1) is 12.4 Å². The molecule has 0 bridgehead atoms. The van der Waals surface area contributed by atoms with Crippen molar-refractivity contribution in [2.45, 2.75) is 25.7 Å². The maximum atomic E-state index is 12.4. The van der Waals surface area contributed by atoms with Gasteiger partial charge in [-0.05, 0) is 77.6 Å². The number of benzene rings is 3. The quantitative estimate of drug-likeness (QED) is 0.303. The first-order valence-corrected chi connectivity index (χ1v) is 13.1. The average molecular weight is 561 g/mol. The third kappa shape index (κ3) is 5.88. The number of hydrogen-bond acceptors (Lipinski definition) is 2. The number of rotatable bonds is 8. The molecule has 0 saturated carbocycles. The van der Waals surface area contributed by atoms with Crippen molar-refractivity contribution in [1.29, 1.82) is 0 Å². The van der Waals surface area contributed by atoms with E-state index in [1.165, 1.54) is 5.56 Å². The molecule has 5 rings (SSSR count). The number of nitrogens with zero attached hydrogens (tertiary/aromatic N) is 1. The van der Waals surface area contributed by atoms with Gasteiger partial charge < -0.3 is 10.0 Å². The van der Waals surface area contributed by atoms with Gasteiger partial charge in [-0.1, -0.05) is 65.7 Å². The molecule has 0 spiro atoms. The van der Waals surface area contributed by atoms with Crippen LogP contribution in [0, 0.1) is 5.92 Å². The molecule has 0 amide bonds. The molecule has 0 radical (unpaired) electrons. The van der Waals surface area contributed by atoms with Crippen molar-refractivity contribution in [3.63, 3.8) is 0 Å². The fraction of sp³-hybridized carbons (Fsp3) is 0.300. The molecule has 3 aromatic rings. The number of allylic oxidation sites excluding steroid dienone is 1. The first-order chi connectivity index (χ1) is 17.4. The zero-order valence-electron chi connectivity index (χ0n) is 20.4. The van der Waals surface area contributed by atoms with Crippen LogP contribution in [0.2, 0.25) is 10.0 Å². The number of alkyl halides is 1. The summed E-state index contributed by atoms with van der Waals surface area (Å²) in [5, 5.41) is 10.9. The van der Waals surface area contributed by atoms with Gasteiger partial charge in [0.25, 0.3) is 0 Å². The molecule has 3 nitrogen and oxygen atoms in total. The number of fused-ring (bicyclic) bond motifs is 1. The lowest BCUT2D eigenvalue weighted by atomic mass is 9.80. The Kier molecular flexibility index (Phi) is 8.97. The lowest BCUT2D eigenvalue weighted by Gasteiger charge is -2.39. The lowest BCUT2D eigenvalue weighted by Crippen LogP contribution is -2.47. The molecule has 0 atom stereocenters. The number of likely N-dealkylation sites (tertiary alicyclic amines) is 1. The van der Waals surface area contributed by atoms with Crippen LogP contribution in [0.3, 0.4) is 0 Å². The molecule has 1 heterocycles. The predicted molar refractivity (Wildman–Crippen MR) is 152 cm³/mol. The van der Waals surface area contributed by atoms with E-state index < -0.39 is 5.97 Å². The predicted octanol–water partition coefficient (Wildman–Crippen LogP) is 7.99. The summed E-state index contributed by atoms with van der Waals surface area (Å²) in [7, 11) is 0. The summed E-state index contributed by atoms with van der Waals surface area (Å²) in [6, 6.07) is 17.5. The Balaban J connectivity index is 0.00000320. The summed E-state index contributed by atoms with van der Waals surface area (Å²) in [5.74, 6) is -0.343. The minimum atomic E-state index is -0.974. The summed E-state index contributed by atoms with van der Waals surface area (Å²) in [5.41, 5.74) is 7.20. The Morgan fingerprint density at radius 1 is 1.03 bits per heavy atom. The van der Waals surface area contributed by atoms with Crippen molar-refractivity contribution in [3.8, 4) is 11.1 Å². The van der Waals surface area contributed by atoms with Gasteiger partial charge in [0.15, 0.2) is 0 Å². The highest BCUT2D eigenvalue weighted by atomic mass is 35.5. The van der Waals surface area contributed by atoms with E-state index in [9.17, 15) is 14.3 Å². The number of halogens is 4. The van der Waals surface area contributed by atoms with Crippen molar-refractivity contribution in [2.75, 3.05) is 26.3 Å². The van der Waals surface area contributed by atoms with E-state index in [0.717, 1.165) is 61.2 Å². The van der Waals surface area contributed by atoms with Crippen molar-refractivity contribution in [1.82, 2.24) is 4.90 Å². The molecular weight excluding hydrogens is 532 g/mol. The van der Waals surface area contributed by atoms with E-state index in [1.807, 2.05) is 6.07 Å². The summed E-state index contributed by atoms with van der Waals surface area (Å²) in [6.07, 6.45) is 5.45. The number of carboxylic acids is 1. The Morgan fingerprint density at radius 2 is 1.76 bits per heavy atom. The van der Waals surface area contributed by atoms with Crippen LogP contribution in [-0.2, 0) is 12.8 Å². The Bertz CT molecular complexity index is 1320. The van der Waals surface area contributed by atoms with Crippen LogP contribution in [0.25, 0.3) is 16.7 Å². The summed E-state index contributed by atoms with van der Waals surface area (Å²) >= 11 is 12.6. The minimum Gasteiger partial charge on any atom is -0.478 e. The molecule has 3 aromatic carbocycles. The van der Waals surface area contributed by atoms with Gasteiger partial charge in [-0.3, -0.25) is 4.39 Å². The second kappa shape index (κ2) is 12.0. The molecule has 7 heteroatoms. The van der Waals surface area contributed by atoms with Crippen molar-refractivity contribution in [2.24, 2.45) is 5.92 Å². The van der Waals surface area contributed by atoms with Crippen LogP contribution in [0.4, 0.5) is 4.39 Å². The van der Waals surface area contributed by atoms with Gasteiger partial charge in [0.1, 0.15) is 0 Å². The second-order valence-electron chi connectivity index (χ2n) is 9.67. The zero-order chi connectivity index (χ0) is 25.2. The maximum absolute atomic E-state index is 12.4. The molecule has 1 aliphatic heterocycles. The molecule has 1 aliphatic carbocycles. The van der Waals surface area contributed by atoms with Gasteiger partial charge in [0.2, 0.25) is 0 Å². The molecule has 0 aromatic heterocycles. The van der Waals surface area contributed by atoms with Gasteiger partial charge in [-0.25, -0.2) is 4.79 Å². The molecule has 0 unspecified atom stereocenters. The van der Waals surface area contributed by atoms with Crippen LogP contribution in [0.15, 0.2) is 60.7 Å². The van der Waals surface area contributed by atoms with E-state index in [0.29, 0.717) is 33.5 Å². The molecule has 37 heavy (non-hydrogen) atoms. The first-order valence-electron chi connectivity index (χ1n) is 12.4.